The Morgan fingerprint density at radius 3 is 2.19 bits per heavy atom. The first-order valence-electron chi connectivity index (χ1n) is 12.5. The summed E-state index contributed by atoms with van der Waals surface area (Å²) >= 11 is 0. The smallest absolute Gasteiger partial charge is 0.275 e. The van der Waals surface area contributed by atoms with E-state index in [-0.39, 0.29) is 28.9 Å². The quantitative estimate of drug-likeness (QED) is 0.496. The summed E-state index contributed by atoms with van der Waals surface area (Å²) in [5.41, 5.74) is 1.40. The molecule has 0 atom stereocenters. The summed E-state index contributed by atoms with van der Waals surface area (Å²) in [6.45, 7) is 10.9. The van der Waals surface area contributed by atoms with Crippen molar-refractivity contribution in [2.24, 2.45) is 0 Å². The van der Waals surface area contributed by atoms with Crippen LogP contribution in [0.1, 0.15) is 40.3 Å². The van der Waals surface area contributed by atoms with E-state index < -0.39 is 10.0 Å². The molecule has 2 fully saturated rings. The number of rotatable bonds is 9. The molecule has 4 rings (SSSR count). The summed E-state index contributed by atoms with van der Waals surface area (Å²) in [7, 11) is -0.775. The number of carbonyl (C=O) groups is 1. The lowest BCUT2D eigenvalue weighted by atomic mass is 10.1. The van der Waals surface area contributed by atoms with Gasteiger partial charge in [0, 0.05) is 46.3 Å². The Labute approximate surface area is 213 Å². The molecular weight excluding hydrogens is 482 g/mol. The van der Waals surface area contributed by atoms with Crippen molar-refractivity contribution in [3.63, 3.8) is 0 Å². The summed E-state index contributed by atoms with van der Waals surface area (Å²) in [4.78, 5) is 24.2. The lowest BCUT2D eigenvalue weighted by molar-refractivity contribution is 0.0621. The van der Waals surface area contributed by atoms with E-state index in [0.29, 0.717) is 30.0 Å². The van der Waals surface area contributed by atoms with Crippen LogP contribution in [0.2, 0.25) is 0 Å². The van der Waals surface area contributed by atoms with Crippen LogP contribution in [0.3, 0.4) is 0 Å². The maximum atomic E-state index is 13.3. The van der Waals surface area contributed by atoms with E-state index in [2.05, 4.69) is 14.8 Å². The highest BCUT2D eigenvalue weighted by molar-refractivity contribution is 7.89. The SMILES string of the molecule is COc1cc(C)c(S(=O)(=O)N(C)Cc2nc(C(=O)N3CCN(CCN4CCCC4)CC3)co2)c(C)c1. The van der Waals surface area contributed by atoms with Crippen molar-refractivity contribution in [1.29, 1.82) is 0 Å². The second kappa shape index (κ2) is 11.3. The molecule has 1 aromatic heterocycles. The van der Waals surface area contributed by atoms with Crippen LogP contribution >= 0.6 is 0 Å². The standard InChI is InChI=1S/C25H37N5O5S/c1-19-15-21(34-4)16-20(2)24(19)36(32,33)27(3)17-23-26-22(18-35-23)25(31)30-13-11-29(12-14-30)10-9-28-7-5-6-8-28/h15-16,18H,5-14,17H2,1-4H3. The van der Waals surface area contributed by atoms with Gasteiger partial charge in [0.25, 0.3) is 5.91 Å². The molecule has 0 bridgehead atoms. The predicted molar refractivity (Wildman–Crippen MR) is 136 cm³/mol. The molecule has 0 spiro atoms. The van der Waals surface area contributed by atoms with E-state index in [0.717, 1.165) is 26.2 Å². The van der Waals surface area contributed by atoms with Crippen molar-refractivity contribution in [2.45, 2.75) is 38.1 Å². The summed E-state index contributed by atoms with van der Waals surface area (Å²) in [6.07, 6.45) is 3.91. The molecular formula is C25H37N5O5S. The van der Waals surface area contributed by atoms with Gasteiger partial charge in [0.05, 0.1) is 18.6 Å². The van der Waals surface area contributed by atoms with Crippen molar-refractivity contribution >= 4 is 15.9 Å². The number of piperazine rings is 1. The fraction of sp³-hybridized carbons (Fsp3) is 0.600. The molecule has 198 valence electrons. The van der Waals surface area contributed by atoms with Crippen LogP contribution in [0, 0.1) is 13.8 Å². The molecule has 10 nitrogen and oxygen atoms in total. The Kier molecular flexibility index (Phi) is 8.34. The molecule has 36 heavy (non-hydrogen) atoms. The number of sulfonamides is 1. The van der Waals surface area contributed by atoms with Gasteiger partial charge in [0.2, 0.25) is 15.9 Å². The van der Waals surface area contributed by atoms with Crippen molar-refractivity contribution in [1.82, 2.24) is 24.0 Å². The van der Waals surface area contributed by atoms with Crippen LogP contribution in [0.4, 0.5) is 0 Å². The van der Waals surface area contributed by atoms with Crippen LogP contribution in [0.25, 0.3) is 0 Å². The van der Waals surface area contributed by atoms with Gasteiger partial charge in [-0.2, -0.15) is 4.31 Å². The van der Waals surface area contributed by atoms with Crippen LogP contribution in [0.15, 0.2) is 27.7 Å². The van der Waals surface area contributed by atoms with Crippen LogP contribution in [0.5, 0.6) is 5.75 Å². The number of hydrogen-bond acceptors (Lipinski definition) is 8. The van der Waals surface area contributed by atoms with E-state index >= 15 is 0 Å². The van der Waals surface area contributed by atoms with Gasteiger partial charge in [-0.3, -0.25) is 9.69 Å². The monoisotopic (exact) mass is 519 g/mol. The van der Waals surface area contributed by atoms with Gasteiger partial charge in [0.1, 0.15) is 12.0 Å². The zero-order valence-electron chi connectivity index (χ0n) is 21.7. The number of aromatic nitrogens is 1. The third kappa shape index (κ3) is 5.91. The highest BCUT2D eigenvalue weighted by Gasteiger charge is 2.29. The summed E-state index contributed by atoms with van der Waals surface area (Å²) in [5, 5.41) is 0. The fourth-order valence-corrected chi connectivity index (χ4v) is 6.50. The minimum atomic E-state index is -3.80. The number of amides is 1. The number of methoxy groups -OCH3 is 1. The molecule has 0 unspecified atom stereocenters. The topological polar surface area (TPSA) is 99.4 Å². The third-order valence-corrected chi connectivity index (χ3v) is 9.17. The highest BCUT2D eigenvalue weighted by Crippen LogP contribution is 2.28. The van der Waals surface area contributed by atoms with Gasteiger partial charge < -0.3 is 19.0 Å². The van der Waals surface area contributed by atoms with Crippen LogP contribution < -0.4 is 4.74 Å². The average molecular weight is 520 g/mol. The van der Waals surface area contributed by atoms with E-state index in [1.54, 1.807) is 38.0 Å². The normalized spacial score (nSPS) is 17.8. The Morgan fingerprint density at radius 1 is 1.03 bits per heavy atom. The molecule has 2 aliphatic rings. The number of oxazole rings is 1. The Balaban J connectivity index is 1.33. The molecule has 2 aliphatic heterocycles. The molecule has 1 amide bonds. The summed E-state index contributed by atoms with van der Waals surface area (Å²) in [6, 6.07) is 3.39. The number of benzene rings is 1. The van der Waals surface area contributed by atoms with Crippen LogP contribution in [-0.4, -0.2) is 105 Å². The van der Waals surface area contributed by atoms with Gasteiger partial charge in [-0.25, -0.2) is 13.4 Å². The van der Waals surface area contributed by atoms with Crippen molar-refractivity contribution in [3.05, 3.63) is 41.1 Å². The first kappa shape index (κ1) is 26.6. The summed E-state index contributed by atoms with van der Waals surface area (Å²) in [5.74, 6) is 0.601. The zero-order valence-corrected chi connectivity index (χ0v) is 22.5. The number of ether oxygens (including phenoxy) is 1. The highest BCUT2D eigenvalue weighted by atomic mass is 32.2. The predicted octanol–water partition coefficient (Wildman–Crippen LogP) is 1.97. The molecule has 0 radical (unpaired) electrons. The minimum Gasteiger partial charge on any atom is -0.497 e. The van der Waals surface area contributed by atoms with Crippen molar-refractivity contribution in [2.75, 3.05) is 66.5 Å². The first-order valence-corrected chi connectivity index (χ1v) is 13.9. The number of nitrogens with zero attached hydrogens (tertiary/aromatic N) is 5. The molecule has 2 saturated heterocycles. The Morgan fingerprint density at radius 2 is 1.61 bits per heavy atom. The van der Waals surface area contributed by atoms with E-state index in [1.807, 2.05) is 0 Å². The van der Waals surface area contributed by atoms with Gasteiger partial charge in [-0.1, -0.05) is 0 Å². The van der Waals surface area contributed by atoms with Gasteiger partial charge in [0.15, 0.2) is 5.69 Å². The van der Waals surface area contributed by atoms with Crippen LogP contribution in [-0.2, 0) is 16.6 Å². The number of hydrogen-bond donors (Lipinski definition) is 0. The molecule has 0 saturated carbocycles. The number of carbonyl (C=O) groups excluding carboxylic acids is 1. The largest absolute Gasteiger partial charge is 0.497 e. The van der Waals surface area contributed by atoms with Crippen molar-refractivity contribution in [3.8, 4) is 5.75 Å². The van der Waals surface area contributed by atoms with Gasteiger partial charge in [-0.15, -0.1) is 0 Å². The maximum absolute atomic E-state index is 13.3. The molecule has 11 heteroatoms. The lowest BCUT2D eigenvalue weighted by Gasteiger charge is -2.35. The van der Waals surface area contributed by atoms with Crippen molar-refractivity contribution < 1.29 is 22.4 Å². The molecule has 2 aromatic rings. The van der Waals surface area contributed by atoms with Gasteiger partial charge >= 0.3 is 0 Å². The molecule has 0 aliphatic carbocycles. The molecule has 0 N–H and O–H groups in total. The van der Waals surface area contributed by atoms with E-state index in [9.17, 15) is 13.2 Å². The third-order valence-electron chi connectivity index (χ3n) is 7.06. The minimum absolute atomic E-state index is 0.0786. The molecule has 1 aromatic carbocycles. The van der Waals surface area contributed by atoms with E-state index in [4.69, 9.17) is 9.15 Å². The number of aryl methyl sites for hydroxylation is 2. The summed E-state index contributed by atoms with van der Waals surface area (Å²) < 4.78 is 38.5. The zero-order chi connectivity index (χ0) is 25.9. The maximum Gasteiger partial charge on any atom is 0.275 e. The fourth-order valence-electron chi connectivity index (χ4n) is 4.97. The Bertz CT molecular complexity index is 1140. The first-order chi connectivity index (χ1) is 17.2. The average Bonchev–Trinajstić information content (AvgIpc) is 3.54. The number of likely N-dealkylation sites (tertiary alicyclic amines) is 1. The second-order valence-corrected chi connectivity index (χ2v) is 11.6. The van der Waals surface area contributed by atoms with Gasteiger partial charge in [-0.05, 0) is 63.0 Å². The lowest BCUT2D eigenvalue weighted by Crippen LogP contribution is -2.50. The Hall–Kier alpha value is -2.47. The molecule has 3 heterocycles. The second-order valence-electron chi connectivity index (χ2n) is 9.66. The van der Waals surface area contributed by atoms with E-state index in [1.165, 1.54) is 43.5 Å².